The number of benzene rings is 2. The van der Waals surface area contributed by atoms with Crippen LogP contribution in [0.1, 0.15) is 81.5 Å². The predicted octanol–water partition coefficient (Wildman–Crippen LogP) is 5.58. The Morgan fingerprint density at radius 2 is 1.66 bits per heavy atom. The lowest BCUT2D eigenvalue weighted by molar-refractivity contribution is -0.137. The second-order valence-corrected chi connectivity index (χ2v) is 10.2. The van der Waals surface area contributed by atoms with Crippen molar-refractivity contribution < 1.29 is 19.7 Å². The molecular weight excluding hydrogens is 402 g/mol. The second-order valence-electron chi connectivity index (χ2n) is 10.2. The number of carboxylic acid groups (broad SMARTS) is 1. The fraction of sp³-hybridized carbons (Fsp3) is 0.481. The van der Waals surface area contributed by atoms with E-state index in [1.165, 1.54) is 24.0 Å². The lowest BCUT2D eigenvalue weighted by Gasteiger charge is -2.42. The Morgan fingerprint density at radius 1 is 1.03 bits per heavy atom. The van der Waals surface area contributed by atoms with E-state index in [1.807, 2.05) is 24.3 Å². The highest BCUT2D eigenvalue weighted by Gasteiger charge is 2.36. The van der Waals surface area contributed by atoms with E-state index in [0.29, 0.717) is 12.4 Å². The molecule has 0 fully saturated rings. The van der Waals surface area contributed by atoms with Crippen LogP contribution in [0.25, 0.3) is 0 Å². The number of hydrogen-bond acceptors (Lipinski definition) is 4. The minimum Gasteiger partial charge on any atom is -0.489 e. The van der Waals surface area contributed by atoms with Crippen molar-refractivity contribution in [3.8, 4) is 5.75 Å². The van der Waals surface area contributed by atoms with Crippen molar-refractivity contribution in [2.24, 2.45) is 0 Å². The first kappa shape index (κ1) is 24.0. The monoisotopic (exact) mass is 437 g/mol. The van der Waals surface area contributed by atoms with Crippen LogP contribution in [0.3, 0.4) is 0 Å². The van der Waals surface area contributed by atoms with Gasteiger partial charge in [-0.25, -0.2) is 0 Å². The van der Waals surface area contributed by atoms with Gasteiger partial charge in [-0.05, 0) is 58.1 Å². The lowest BCUT2D eigenvalue weighted by Crippen LogP contribution is -2.33. The molecule has 2 aromatic rings. The fourth-order valence-electron chi connectivity index (χ4n) is 4.60. The molecule has 2 aromatic carbocycles. The van der Waals surface area contributed by atoms with Crippen molar-refractivity contribution in [1.82, 2.24) is 0 Å². The molecule has 0 saturated heterocycles. The minimum absolute atomic E-state index is 0.153. The Bertz CT molecular complexity index is 976. The molecule has 1 aliphatic carbocycles. The molecule has 5 nitrogen and oxygen atoms in total. The maximum atomic E-state index is 11.2. The van der Waals surface area contributed by atoms with Crippen molar-refractivity contribution in [2.45, 2.75) is 76.7 Å². The number of nitrogens with one attached hydrogen (secondary N) is 1. The number of fused-ring (bicyclic) bond motifs is 1. The van der Waals surface area contributed by atoms with Crippen molar-refractivity contribution in [1.29, 1.82) is 5.41 Å². The third-order valence-corrected chi connectivity index (χ3v) is 6.79. The van der Waals surface area contributed by atoms with Crippen LogP contribution in [0, 0.1) is 5.41 Å². The van der Waals surface area contributed by atoms with Crippen LogP contribution in [0.4, 0.5) is 0 Å². The Morgan fingerprint density at radius 3 is 2.25 bits per heavy atom. The molecule has 3 N–H and O–H groups in total. The van der Waals surface area contributed by atoms with Crippen LogP contribution in [0.2, 0.25) is 0 Å². The number of aliphatic hydroxyl groups excluding tert-OH is 1. The van der Waals surface area contributed by atoms with E-state index in [4.69, 9.17) is 15.3 Å². The normalized spacial score (nSPS) is 17.3. The highest BCUT2D eigenvalue weighted by Crippen LogP contribution is 2.45. The molecule has 0 aliphatic heterocycles. The summed E-state index contributed by atoms with van der Waals surface area (Å²) in [6, 6.07) is 13.9. The predicted molar refractivity (Wildman–Crippen MR) is 127 cm³/mol. The highest BCUT2D eigenvalue weighted by molar-refractivity contribution is 5.91. The Hall–Kier alpha value is -2.66. The molecule has 0 bridgehead atoms. The number of carboxylic acids is 1. The first-order chi connectivity index (χ1) is 15.0. The zero-order valence-corrected chi connectivity index (χ0v) is 19.6. The SMILES string of the molecule is CC1(C)CCC(C)(C)c2cc(COc3ccc(C(CC(=O)O)C(=N)CCO)cc3)ccc21. The van der Waals surface area contributed by atoms with Gasteiger partial charge in [-0.3, -0.25) is 4.79 Å². The van der Waals surface area contributed by atoms with Crippen LogP contribution in [0.5, 0.6) is 5.75 Å². The number of hydrogen-bond donors (Lipinski definition) is 3. The molecule has 0 spiro atoms. The zero-order chi connectivity index (χ0) is 23.5. The molecular formula is C27H35NO4. The summed E-state index contributed by atoms with van der Waals surface area (Å²) in [5.41, 5.74) is 5.28. The van der Waals surface area contributed by atoms with E-state index in [0.717, 1.165) is 11.1 Å². The highest BCUT2D eigenvalue weighted by atomic mass is 16.5. The van der Waals surface area contributed by atoms with E-state index < -0.39 is 11.9 Å². The molecule has 0 heterocycles. The first-order valence-electron chi connectivity index (χ1n) is 11.3. The molecule has 1 unspecified atom stereocenters. The van der Waals surface area contributed by atoms with E-state index >= 15 is 0 Å². The van der Waals surface area contributed by atoms with Crippen molar-refractivity contribution in [3.05, 3.63) is 64.7 Å². The smallest absolute Gasteiger partial charge is 0.304 e. The minimum atomic E-state index is -0.962. The Balaban J connectivity index is 1.73. The third-order valence-electron chi connectivity index (χ3n) is 6.79. The van der Waals surface area contributed by atoms with Gasteiger partial charge in [-0.15, -0.1) is 0 Å². The van der Waals surface area contributed by atoms with Crippen molar-refractivity contribution in [3.63, 3.8) is 0 Å². The molecule has 3 rings (SSSR count). The summed E-state index contributed by atoms with van der Waals surface area (Å²) in [6.45, 7) is 9.55. The number of rotatable bonds is 9. The Kier molecular flexibility index (Phi) is 7.09. The molecule has 172 valence electrons. The summed E-state index contributed by atoms with van der Waals surface area (Å²) >= 11 is 0. The quantitative estimate of drug-likeness (QED) is 0.447. The molecule has 0 amide bonds. The number of carbonyl (C=O) groups is 1. The lowest BCUT2D eigenvalue weighted by atomic mass is 9.63. The maximum absolute atomic E-state index is 11.2. The first-order valence-corrected chi connectivity index (χ1v) is 11.3. The molecule has 5 heteroatoms. The summed E-state index contributed by atoms with van der Waals surface area (Å²) in [5.74, 6) is -0.801. The van der Waals surface area contributed by atoms with Gasteiger partial charge in [0.05, 0.1) is 6.42 Å². The fourth-order valence-corrected chi connectivity index (χ4v) is 4.60. The summed E-state index contributed by atoms with van der Waals surface area (Å²) in [7, 11) is 0. The third kappa shape index (κ3) is 5.39. The van der Waals surface area contributed by atoms with Gasteiger partial charge in [0, 0.05) is 24.7 Å². The average molecular weight is 438 g/mol. The van der Waals surface area contributed by atoms with Gasteiger partial charge in [0.2, 0.25) is 0 Å². The standard InChI is InChI=1S/C27H35NO4/c1-26(2)12-13-27(3,4)23-15-18(5-10-22(23)26)17-32-20-8-6-19(7-9-20)21(16-25(30)31)24(28)11-14-29/h5-10,15,21,28-29H,11-14,16-17H2,1-4H3,(H,30,31). The largest absolute Gasteiger partial charge is 0.489 e. The van der Waals surface area contributed by atoms with Gasteiger partial charge < -0.3 is 20.4 Å². The van der Waals surface area contributed by atoms with E-state index in [-0.39, 0.29) is 36.0 Å². The molecule has 0 saturated carbocycles. The van der Waals surface area contributed by atoms with Crippen LogP contribution in [-0.2, 0) is 22.2 Å². The maximum Gasteiger partial charge on any atom is 0.304 e. The van der Waals surface area contributed by atoms with Gasteiger partial charge in [0.1, 0.15) is 12.4 Å². The van der Waals surface area contributed by atoms with Gasteiger partial charge in [0.25, 0.3) is 0 Å². The molecule has 32 heavy (non-hydrogen) atoms. The van der Waals surface area contributed by atoms with Crippen LogP contribution < -0.4 is 4.74 Å². The number of ether oxygens (including phenoxy) is 1. The van der Waals surface area contributed by atoms with Crippen LogP contribution in [-0.4, -0.2) is 28.5 Å². The molecule has 0 radical (unpaired) electrons. The number of aliphatic hydroxyl groups is 1. The molecule has 0 aromatic heterocycles. The van der Waals surface area contributed by atoms with E-state index in [1.54, 1.807) is 0 Å². The Labute approximate surface area is 191 Å². The molecule has 1 atom stereocenters. The van der Waals surface area contributed by atoms with Gasteiger partial charge in [-0.2, -0.15) is 0 Å². The zero-order valence-electron chi connectivity index (χ0n) is 19.6. The topological polar surface area (TPSA) is 90.6 Å². The summed E-state index contributed by atoms with van der Waals surface area (Å²) in [5, 5.41) is 26.4. The summed E-state index contributed by atoms with van der Waals surface area (Å²) in [4.78, 5) is 11.2. The average Bonchev–Trinajstić information content (AvgIpc) is 2.74. The molecule has 1 aliphatic rings. The van der Waals surface area contributed by atoms with Crippen LogP contribution >= 0.6 is 0 Å². The van der Waals surface area contributed by atoms with Crippen molar-refractivity contribution >= 4 is 11.7 Å². The second kappa shape index (κ2) is 9.45. The van der Waals surface area contributed by atoms with E-state index in [9.17, 15) is 9.90 Å². The van der Waals surface area contributed by atoms with Gasteiger partial charge in [-0.1, -0.05) is 58.0 Å². The van der Waals surface area contributed by atoms with E-state index in [2.05, 4.69) is 45.9 Å². The summed E-state index contributed by atoms with van der Waals surface area (Å²) < 4.78 is 6.02. The van der Waals surface area contributed by atoms with Gasteiger partial charge >= 0.3 is 5.97 Å². The van der Waals surface area contributed by atoms with Crippen LogP contribution in [0.15, 0.2) is 42.5 Å². The summed E-state index contributed by atoms with van der Waals surface area (Å²) in [6.07, 6.45) is 2.36. The number of aliphatic carboxylic acids is 1. The van der Waals surface area contributed by atoms with Gasteiger partial charge in [0.15, 0.2) is 0 Å². The van der Waals surface area contributed by atoms with Crippen molar-refractivity contribution in [2.75, 3.05) is 6.61 Å².